The predicted octanol–water partition coefficient (Wildman–Crippen LogP) is 1.20. The van der Waals surface area contributed by atoms with Gasteiger partial charge >= 0.3 is 6.03 Å². The van der Waals surface area contributed by atoms with Crippen LogP contribution in [0.5, 0.6) is 0 Å². The number of rotatable bonds is 6. The summed E-state index contributed by atoms with van der Waals surface area (Å²) in [6, 6.07) is 1.26. The molecule has 1 saturated heterocycles. The van der Waals surface area contributed by atoms with Gasteiger partial charge in [0, 0.05) is 58.1 Å². The lowest BCUT2D eigenvalue weighted by Gasteiger charge is -2.37. The number of sulfonamides is 1. The molecule has 0 radical (unpaired) electrons. The van der Waals surface area contributed by atoms with Gasteiger partial charge in [0.1, 0.15) is 16.8 Å². The minimum absolute atomic E-state index is 0.0319. The molecule has 196 valence electrons. The Morgan fingerprint density at radius 1 is 1.17 bits per heavy atom. The molecule has 3 aliphatic rings. The van der Waals surface area contributed by atoms with Crippen LogP contribution in [0.4, 0.5) is 14.9 Å². The molecule has 2 saturated carbocycles. The van der Waals surface area contributed by atoms with Crippen LogP contribution in [0.25, 0.3) is 5.65 Å². The highest BCUT2D eigenvalue weighted by Gasteiger charge is 2.41. The first-order valence-electron chi connectivity index (χ1n) is 12.2. The van der Waals surface area contributed by atoms with Gasteiger partial charge in [0.25, 0.3) is 5.91 Å². The third-order valence-electron chi connectivity index (χ3n) is 7.17. The summed E-state index contributed by atoms with van der Waals surface area (Å²) in [5.41, 5.74) is 0.738. The summed E-state index contributed by atoms with van der Waals surface area (Å²) in [7, 11) is -0.460. The second-order valence-corrected chi connectivity index (χ2v) is 12.1. The largest absolute Gasteiger partial charge is 0.365 e. The van der Waals surface area contributed by atoms with E-state index in [4.69, 9.17) is 0 Å². The van der Waals surface area contributed by atoms with Gasteiger partial charge in [0.05, 0.1) is 11.9 Å². The molecular weight excluding hydrogens is 489 g/mol. The Morgan fingerprint density at radius 3 is 2.42 bits per heavy atom. The summed E-state index contributed by atoms with van der Waals surface area (Å²) in [6.45, 7) is 3.77. The summed E-state index contributed by atoms with van der Waals surface area (Å²) in [4.78, 5) is 35.1. The normalized spacial score (nSPS) is 23.3. The van der Waals surface area contributed by atoms with Crippen LogP contribution < -0.4 is 14.9 Å². The fraction of sp³-hybridized carbons (Fsp3) is 0.609. The van der Waals surface area contributed by atoms with E-state index in [1.807, 2.05) is 11.8 Å². The SMILES string of the molecule is CN(C)C(=O)N1CCN(c2cc(S(=O)(=O)NC3(C)CC3)cn3c(C(=O)NC4CC(F)C4)cnc23)CC1. The maximum atomic E-state index is 13.3. The average molecular weight is 522 g/mol. The molecule has 0 atom stereocenters. The van der Waals surface area contributed by atoms with Gasteiger partial charge in [-0.3, -0.25) is 9.20 Å². The Hall–Kier alpha value is -2.93. The molecule has 3 fully saturated rings. The van der Waals surface area contributed by atoms with E-state index in [9.17, 15) is 22.4 Å². The minimum Gasteiger partial charge on any atom is -0.365 e. The standard InChI is InChI=1S/C23H32FN7O4S/c1-23(4-5-23)27-36(34,35)17-12-18(29-6-8-30(9-7-29)22(33)28(2)3)20-25-13-19(31(20)14-17)21(32)26-16-10-15(24)11-16/h12-16,27H,4-11H2,1-3H3,(H,26,32). The third-order valence-corrected chi connectivity index (χ3v) is 8.78. The molecule has 3 heterocycles. The van der Waals surface area contributed by atoms with Crippen molar-refractivity contribution in [2.24, 2.45) is 0 Å². The maximum absolute atomic E-state index is 13.3. The van der Waals surface area contributed by atoms with Gasteiger partial charge in [-0.15, -0.1) is 0 Å². The number of aromatic nitrogens is 2. The third kappa shape index (κ3) is 4.73. The Bertz CT molecular complexity index is 1290. The lowest BCUT2D eigenvalue weighted by molar-refractivity contribution is 0.0854. The van der Waals surface area contributed by atoms with Crippen molar-refractivity contribution in [3.63, 3.8) is 0 Å². The quantitative estimate of drug-likeness (QED) is 0.590. The second kappa shape index (κ2) is 8.87. The number of alkyl halides is 1. The number of amides is 3. The monoisotopic (exact) mass is 521 g/mol. The van der Waals surface area contributed by atoms with Crippen LogP contribution in [0.1, 0.15) is 43.1 Å². The van der Waals surface area contributed by atoms with Crippen LogP contribution in [-0.4, -0.2) is 97.6 Å². The van der Waals surface area contributed by atoms with E-state index in [0.29, 0.717) is 37.5 Å². The zero-order chi connectivity index (χ0) is 25.8. The summed E-state index contributed by atoms with van der Waals surface area (Å²) in [6.07, 6.45) is 3.99. The second-order valence-electron chi connectivity index (χ2n) is 10.5. The number of pyridine rings is 1. The van der Waals surface area contributed by atoms with Crippen molar-refractivity contribution < 1.29 is 22.4 Å². The van der Waals surface area contributed by atoms with Gasteiger partial charge in [-0.1, -0.05) is 0 Å². The predicted molar refractivity (Wildman–Crippen MR) is 131 cm³/mol. The van der Waals surface area contributed by atoms with Crippen molar-refractivity contribution in [2.45, 2.75) is 55.3 Å². The summed E-state index contributed by atoms with van der Waals surface area (Å²) in [5, 5.41) is 2.81. The van der Waals surface area contributed by atoms with Gasteiger partial charge in [-0.05, 0) is 38.7 Å². The van der Waals surface area contributed by atoms with E-state index >= 15 is 0 Å². The number of piperazine rings is 1. The number of halogens is 1. The molecule has 36 heavy (non-hydrogen) atoms. The van der Waals surface area contributed by atoms with Crippen molar-refractivity contribution in [1.82, 2.24) is 29.2 Å². The lowest BCUT2D eigenvalue weighted by atomic mass is 9.91. The number of fused-ring (bicyclic) bond motifs is 1. The molecule has 2 N–H and O–H groups in total. The van der Waals surface area contributed by atoms with Gasteiger partial charge < -0.3 is 20.0 Å². The molecule has 1 aliphatic heterocycles. The van der Waals surface area contributed by atoms with Crippen LogP contribution in [0.2, 0.25) is 0 Å². The average Bonchev–Trinajstić information content (AvgIpc) is 3.36. The molecule has 13 heteroatoms. The number of carbonyl (C=O) groups excluding carboxylic acids is 2. The van der Waals surface area contributed by atoms with Crippen molar-refractivity contribution in [3.8, 4) is 0 Å². The van der Waals surface area contributed by atoms with Crippen molar-refractivity contribution in [3.05, 3.63) is 24.2 Å². The van der Waals surface area contributed by atoms with Gasteiger partial charge in [0.15, 0.2) is 5.65 Å². The summed E-state index contributed by atoms with van der Waals surface area (Å²) in [5.74, 6) is -0.427. The highest BCUT2D eigenvalue weighted by atomic mass is 32.2. The van der Waals surface area contributed by atoms with Gasteiger partial charge in [-0.25, -0.2) is 27.3 Å². The number of anilines is 1. The molecule has 2 aromatic rings. The fourth-order valence-electron chi connectivity index (χ4n) is 4.61. The van der Waals surface area contributed by atoms with Crippen LogP contribution >= 0.6 is 0 Å². The zero-order valence-corrected chi connectivity index (χ0v) is 21.5. The highest BCUT2D eigenvalue weighted by molar-refractivity contribution is 7.89. The minimum atomic E-state index is -3.87. The maximum Gasteiger partial charge on any atom is 0.319 e. The Labute approximate surface area is 209 Å². The Balaban J connectivity index is 1.49. The van der Waals surface area contributed by atoms with E-state index < -0.39 is 27.6 Å². The number of urea groups is 1. The van der Waals surface area contributed by atoms with E-state index in [2.05, 4.69) is 15.0 Å². The number of nitrogens with zero attached hydrogens (tertiary/aromatic N) is 5. The molecule has 0 bridgehead atoms. The molecule has 2 aliphatic carbocycles. The molecule has 5 rings (SSSR count). The summed E-state index contributed by atoms with van der Waals surface area (Å²) >= 11 is 0. The van der Waals surface area contributed by atoms with Gasteiger partial charge in [-0.2, -0.15) is 0 Å². The number of carbonyl (C=O) groups is 2. The van der Waals surface area contributed by atoms with Crippen molar-refractivity contribution in [1.29, 1.82) is 0 Å². The Morgan fingerprint density at radius 2 is 1.83 bits per heavy atom. The molecule has 0 aromatic carbocycles. The molecule has 0 spiro atoms. The summed E-state index contributed by atoms with van der Waals surface area (Å²) < 4.78 is 44.1. The van der Waals surface area contributed by atoms with Crippen LogP contribution in [0.15, 0.2) is 23.4 Å². The van der Waals surface area contributed by atoms with E-state index in [1.54, 1.807) is 25.1 Å². The first kappa shape index (κ1) is 24.8. The van der Waals surface area contributed by atoms with E-state index in [1.165, 1.54) is 21.7 Å². The molecular formula is C23H32FN7O4S. The van der Waals surface area contributed by atoms with E-state index in [-0.39, 0.29) is 35.5 Å². The number of nitrogens with one attached hydrogen (secondary N) is 2. The number of hydrogen-bond acceptors (Lipinski definition) is 6. The number of imidazole rings is 1. The first-order valence-corrected chi connectivity index (χ1v) is 13.7. The zero-order valence-electron chi connectivity index (χ0n) is 20.7. The highest BCUT2D eigenvalue weighted by Crippen LogP contribution is 2.36. The van der Waals surface area contributed by atoms with Crippen LogP contribution in [0.3, 0.4) is 0 Å². The lowest BCUT2D eigenvalue weighted by Crippen LogP contribution is -2.51. The topological polar surface area (TPSA) is 119 Å². The number of hydrogen-bond donors (Lipinski definition) is 2. The molecule has 2 aromatic heterocycles. The Kier molecular flexibility index (Phi) is 6.10. The van der Waals surface area contributed by atoms with Crippen LogP contribution in [0, 0.1) is 0 Å². The van der Waals surface area contributed by atoms with Crippen molar-refractivity contribution in [2.75, 3.05) is 45.2 Å². The first-order chi connectivity index (χ1) is 17.0. The van der Waals surface area contributed by atoms with Crippen LogP contribution in [-0.2, 0) is 10.0 Å². The molecule has 3 amide bonds. The molecule has 11 nitrogen and oxygen atoms in total. The van der Waals surface area contributed by atoms with Gasteiger partial charge in [0.2, 0.25) is 10.0 Å². The molecule has 0 unspecified atom stereocenters. The van der Waals surface area contributed by atoms with E-state index in [0.717, 1.165) is 12.8 Å². The fourth-order valence-corrected chi connectivity index (χ4v) is 6.09. The smallest absolute Gasteiger partial charge is 0.319 e. The van der Waals surface area contributed by atoms with Crippen molar-refractivity contribution >= 4 is 33.3 Å².